The summed E-state index contributed by atoms with van der Waals surface area (Å²) in [6.07, 6.45) is 3.23. The van der Waals surface area contributed by atoms with Gasteiger partial charge >= 0.3 is 0 Å². The average molecular weight is 381 g/mol. The van der Waals surface area contributed by atoms with E-state index in [0.717, 1.165) is 17.7 Å². The first-order valence-electron chi connectivity index (χ1n) is 9.99. The predicted octanol–water partition coefficient (Wildman–Crippen LogP) is 4.30. The van der Waals surface area contributed by atoms with Gasteiger partial charge in [-0.3, -0.25) is 4.79 Å². The number of hydrogen-bond acceptors (Lipinski definition) is 4. The molecular weight excluding hydrogens is 354 g/mol. The highest BCUT2D eigenvalue weighted by molar-refractivity contribution is 5.95. The van der Waals surface area contributed by atoms with Gasteiger partial charge in [-0.25, -0.2) is 0 Å². The van der Waals surface area contributed by atoms with Crippen molar-refractivity contribution < 1.29 is 19.0 Å². The van der Waals surface area contributed by atoms with E-state index in [0.29, 0.717) is 42.7 Å². The van der Waals surface area contributed by atoms with Crippen molar-refractivity contribution in [3.8, 4) is 17.2 Å². The average Bonchev–Trinajstić information content (AvgIpc) is 3.58. The van der Waals surface area contributed by atoms with Crippen molar-refractivity contribution in [2.24, 2.45) is 5.92 Å². The van der Waals surface area contributed by atoms with Crippen LogP contribution in [-0.2, 0) is 6.54 Å². The summed E-state index contributed by atoms with van der Waals surface area (Å²) < 4.78 is 16.7. The Morgan fingerprint density at radius 1 is 1.11 bits per heavy atom. The molecule has 2 aromatic rings. The van der Waals surface area contributed by atoms with E-state index in [4.69, 9.17) is 14.2 Å². The molecule has 148 valence electrons. The first-order chi connectivity index (χ1) is 13.7. The van der Waals surface area contributed by atoms with Crippen LogP contribution in [-0.4, -0.2) is 37.2 Å². The van der Waals surface area contributed by atoms with Gasteiger partial charge in [0.05, 0.1) is 20.3 Å². The molecule has 2 aromatic carbocycles. The van der Waals surface area contributed by atoms with Crippen LogP contribution in [0.25, 0.3) is 0 Å². The highest BCUT2D eigenvalue weighted by atomic mass is 16.5. The Balaban J connectivity index is 1.58. The fourth-order valence-corrected chi connectivity index (χ4v) is 3.62. The number of methoxy groups -OCH3 is 1. The SMILES string of the molecule is COc1ccc(CN(C(=O)c2ccc3c(c2)OCCCO3)C(C)C2CC2)cc1. The highest BCUT2D eigenvalue weighted by Crippen LogP contribution is 2.37. The molecule has 5 nitrogen and oxygen atoms in total. The molecule has 1 fully saturated rings. The summed E-state index contributed by atoms with van der Waals surface area (Å²) in [7, 11) is 1.66. The quantitative estimate of drug-likeness (QED) is 0.749. The van der Waals surface area contributed by atoms with Crippen molar-refractivity contribution in [3.05, 3.63) is 53.6 Å². The third-order valence-electron chi connectivity index (χ3n) is 5.56. The Labute approximate surface area is 166 Å². The topological polar surface area (TPSA) is 48.0 Å². The molecule has 0 spiro atoms. The second kappa shape index (κ2) is 8.13. The monoisotopic (exact) mass is 381 g/mol. The first-order valence-corrected chi connectivity index (χ1v) is 9.99. The third kappa shape index (κ3) is 4.08. The van der Waals surface area contributed by atoms with Gasteiger partial charge in [0.15, 0.2) is 11.5 Å². The van der Waals surface area contributed by atoms with E-state index in [9.17, 15) is 4.79 Å². The van der Waals surface area contributed by atoms with Crippen molar-refractivity contribution in [1.82, 2.24) is 4.90 Å². The van der Waals surface area contributed by atoms with Gasteiger partial charge in [0, 0.05) is 24.6 Å². The smallest absolute Gasteiger partial charge is 0.254 e. The Morgan fingerprint density at radius 3 is 2.50 bits per heavy atom. The van der Waals surface area contributed by atoms with E-state index >= 15 is 0 Å². The number of hydrogen-bond donors (Lipinski definition) is 0. The summed E-state index contributed by atoms with van der Waals surface area (Å²) in [6, 6.07) is 13.6. The maximum absolute atomic E-state index is 13.4. The standard InChI is InChI=1S/C23H27NO4/c1-16(18-6-7-18)24(15-17-4-9-20(26-2)10-5-17)23(25)19-8-11-21-22(14-19)28-13-3-12-27-21/h4-5,8-11,14,16,18H,3,6-7,12-13,15H2,1-2H3. The number of carbonyl (C=O) groups is 1. The minimum Gasteiger partial charge on any atom is -0.497 e. The zero-order valence-electron chi connectivity index (χ0n) is 16.5. The van der Waals surface area contributed by atoms with Gasteiger partial charge < -0.3 is 19.1 Å². The Kier molecular flexibility index (Phi) is 5.42. The lowest BCUT2D eigenvalue weighted by Gasteiger charge is -2.30. The predicted molar refractivity (Wildman–Crippen MR) is 107 cm³/mol. The molecule has 0 bridgehead atoms. The Bertz CT molecular complexity index is 829. The molecule has 2 aliphatic rings. The summed E-state index contributed by atoms with van der Waals surface area (Å²) in [5, 5.41) is 0. The van der Waals surface area contributed by atoms with Crippen molar-refractivity contribution in [1.29, 1.82) is 0 Å². The zero-order valence-corrected chi connectivity index (χ0v) is 16.5. The lowest BCUT2D eigenvalue weighted by molar-refractivity contribution is 0.0654. The van der Waals surface area contributed by atoms with E-state index in [1.165, 1.54) is 12.8 Å². The van der Waals surface area contributed by atoms with Crippen LogP contribution >= 0.6 is 0 Å². The van der Waals surface area contributed by atoms with Gasteiger partial charge in [-0.1, -0.05) is 12.1 Å². The lowest BCUT2D eigenvalue weighted by Crippen LogP contribution is -2.39. The minimum absolute atomic E-state index is 0.0332. The highest BCUT2D eigenvalue weighted by Gasteiger charge is 2.35. The summed E-state index contributed by atoms with van der Waals surface area (Å²) in [5.74, 6) is 2.81. The Morgan fingerprint density at radius 2 is 1.82 bits per heavy atom. The van der Waals surface area contributed by atoms with Crippen LogP contribution in [0.1, 0.15) is 42.1 Å². The van der Waals surface area contributed by atoms with Crippen molar-refractivity contribution in [2.75, 3.05) is 20.3 Å². The molecular formula is C23H27NO4. The molecule has 0 radical (unpaired) electrons. The van der Waals surface area contributed by atoms with Crippen LogP contribution in [0.5, 0.6) is 17.2 Å². The number of amides is 1. The molecule has 1 heterocycles. The largest absolute Gasteiger partial charge is 0.497 e. The number of carbonyl (C=O) groups excluding carboxylic acids is 1. The number of ether oxygens (including phenoxy) is 3. The van der Waals surface area contributed by atoms with Crippen LogP contribution in [0.2, 0.25) is 0 Å². The molecule has 0 saturated heterocycles. The summed E-state index contributed by atoms with van der Waals surface area (Å²) in [4.78, 5) is 15.4. The van der Waals surface area contributed by atoms with E-state index in [-0.39, 0.29) is 11.9 Å². The number of benzene rings is 2. The molecule has 1 aliphatic carbocycles. The molecule has 4 rings (SSSR count). The van der Waals surface area contributed by atoms with Gasteiger partial charge in [0.25, 0.3) is 5.91 Å². The zero-order chi connectivity index (χ0) is 19.5. The van der Waals surface area contributed by atoms with Crippen LogP contribution in [0.15, 0.2) is 42.5 Å². The van der Waals surface area contributed by atoms with Crippen LogP contribution in [0.3, 0.4) is 0 Å². The second-order valence-corrected chi connectivity index (χ2v) is 7.57. The number of fused-ring (bicyclic) bond motifs is 1. The number of rotatable bonds is 6. The molecule has 1 unspecified atom stereocenters. The van der Waals surface area contributed by atoms with Crippen LogP contribution < -0.4 is 14.2 Å². The summed E-state index contributed by atoms with van der Waals surface area (Å²) in [5.41, 5.74) is 1.74. The van der Waals surface area contributed by atoms with E-state index in [1.54, 1.807) is 7.11 Å². The first kappa shape index (κ1) is 18.7. The molecule has 1 aliphatic heterocycles. The second-order valence-electron chi connectivity index (χ2n) is 7.57. The van der Waals surface area contributed by atoms with Gasteiger partial charge in [0.2, 0.25) is 0 Å². The molecule has 5 heteroatoms. The Hall–Kier alpha value is -2.69. The molecule has 28 heavy (non-hydrogen) atoms. The minimum atomic E-state index is 0.0332. The van der Waals surface area contributed by atoms with Crippen molar-refractivity contribution >= 4 is 5.91 Å². The van der Waals surface area contributed by atoms with E-state index < -0.39 is 0 Å². The fraction of sp³-hybridized carbons (Fsp3) is 0.435. The van der Waals surface area contributed by atoms with Crippen LogP contribution in [0, 0.1) is 5.92 Å². The maximum atomic E-state index is 13.4. The van der Waals surface area contributed by atoms with Gasteiger partial charge in [-0.15, -0.1) is 0 Å². The van der Waals surface area contributed by atoms with Crippen molar-refractivity contribution in [3.63, 3.8) is 0 Å². The fourth-order valence-electron chi connectivity index (χ4n) is 3.62. The number of nitrogens with zero attached hydrogens (tertiary/aromatic N) is 1. The van der Waals surface area contributed by atoms with E-state index in [1.807, 2.05) is 47.4 Å². The molecule has 0 aromatic heterocycles. The molecule has 1 saturated carbocycles. The van der Waals surface area contributed by atoms with Gasteiger partial charge in [-0.05, 0) is 61.6 Å². The van der Waals surface area contributed by atoms with Gasteiger partial charge in [0.1, 0.15) is 5.75 Å². The normalized spacial score (nSPS) is 16.8. The summed E-state index contributed by atoms with van der Waals surface area (Å²) >= 11 is 0. The van der Waals surface area contributed by atoms with E-state index in [2.05, 4.69) is 6.92 Å². The summed E-state index contributed by atoms with van der Waals surface area (Å²) in [6.45, 7) is 3.98. The lowest BCUT2D eigenvalue weighted by atomic mass is 10.1. The molecule has 1 atom stereocenters. The van der Waals surface area contributed by atoms with Gasteiger partial charge in [-0.2, -0.15) is 0 Å². The van der Waals surface area contributed by atoms with Crippen molar-refractivity contribution in [2.45, 2.75) is 38.8 Å². The molecule has 0 N–H and O–H groups in total. The van der Waals surface area contributed by atoms with Crippen LogP contribution in [0.4, 0.5) is 0 Å². The molecule has 1 amide bonds. The third-order valence-corrected chi connectivity index (χ3v) is 5.56. The maximum Gasteiger partial charge on any atom is 0.254 e.